The van der Waals surface area contributed by atoms with Gasteiger partial charge in [0.25, 0.3) is 10.0 Å². The standard InChI is InChI=1S/C18H23ClN2O4S2/c1-3-13-21(14-4-2)27(24,25)18-11-7-16(8-12-18)20-26(22,23)17-9-5-15(19)6-10-17/h5-12,20H,3-4,13-14H2,1-2H3. The van der Waals surface area contributed by atoms with Crippen molar-refractivity contribution in [3.05, 3.63) is 53.6 Å². The molecular formula is C18H23ClN2O4S2. The maximum Gasteiger partial charge on any atom is 0.261 e. The van der Waals surface area contributed by atoms with E-state index in [1.54, 1.807) is 0 Å². The summed E-state index contributed by atoms with van der Waals surface area (Å²) in [5, 5.41) is 0.437. The summed E-state index contributed by atoms with van der Waals surface area (Å²) in [5.74, 6) is 0. The van der Waals surface area contributed by atoms with Gasteiger partial charge in [-0.1, -0.05) is 25.4 Å². The Morgan fingerprint density at radius 3 is 1.78 bits per heavy atom. The maximum absolute atomic E-state index is 12.7. The van der Waals surface area contributed by atoms with E-state index in [-0.39, 0.29) is 15.5 Å². The van der Waals surface area contributed by atoms with Gasteiger partial charge in [0.15, 0.2) is 0 Å². The molecule has 0 aliphatic rings. The average Bonchev–Trinajstić information content (AvgIpc) is 2.62. The molecule has 2 aromatic rings. The Hall–Kier alpha value is -1.61. The molecule has 0 atom stereocenters. The number of benzene rings is 2. The summed E-state index contributed by atoms with van der Waals surface area (Å²) >= 11 is 5.78. The second kappa shape index (κ2) is 9.05. The summed E-state index contributed by atoms with van der Waals surface area (Å²) in [6.07, 6.45) is 1.44. The molecule has 6 nitrogen and oxygen atoms in total. The summed E-state index contributed by atoms with van der Waals surface area (Å²) in [7, 11) is -7.38. The van der Waals surface area contributed by atoms with Crippen molar-refractivity contribution >= 4 is 37.3 Å². The molecule has 0 amide bonds. The Balaban J connectivity index is 2.22. The van der Waals surface area contributed by atoms with Crippen LogP contribution in [-0.4, -0.2) is 34.2 Å². The fourth-order valence-electron chi connectivity index (χ4n) is 2.52. The molecule has 1 N–H and O–H groups in total. The lowest BCUT2D eigenvalue weighted by Crippen LogP contribution is -2.32. The largest absolute Gasteiger partial charge is 0.280 e. The number of halogens is 1. The first-order chi connectivity index (χ1) is 12.7. The number of rotatable bonds is 9. The molecule has 27 heavy (non-hydrogen) atoms. The van der Waals surface area contributed by atoms with Gasteiger partial charge in [-0.2, -0.15) is 4.31 Å². The molecule has 0 aliphatic heterocycles. The quantitative estimate of drug-likeness (QED) is 0.652. The topological polar surface area (TPSA) is 83.6 Å². The van der Waals surface area contributed by atoms with Crippen LogP contribution in [-0.2, 0) is 20.0 Å². The molecule has 0 radical (unpaired) electrons. The van der Waals surface area contributed by atoms with E-state index in [9.17, 15) is 16.8 Å². The van der Waals surface area contributed by atoms with Crippen molar-refractivity contribution in [1.29, 1.82) is 0 Å². The normalized spacial score (nSPS) is 12.3. The molecule has 0 heterocycles. The fraction of sp³-hybridized carbons (Fsp3) is 0.333. The van der Waals surface area contributed by atoms with Crippen LogP contribution in [0.4, 0.5) is 5.69 Å². The van der Waals surface area contributed by atoms with Gasteiger partial charge in [0.2, 0.25) is 10.0 Å². The highest BCUT2D eigenvalue weighted by Crippen LogP contribution is 2.22. The van der Waals surface area contributed by atoms with E-state index >= 15 is 0 Å². The van der Waals surface area contributed by atoms with Gasteiger partial charge in [-0.3, -0.25) is 4.72 Å². The molecule has 0 saturated carbocycles. The van der Waals surface area contributed by atoms with Gasteiger partial charge in [-0.05, 0) is 61.4 Å². The van der Waals surface area contributed by atoms with Crippen molar-refractivity contribution < 1.29 is 16.8 Å². The van der Waals surface area contributed by atoms with E-state index in [0.29, 0.717) is 18.1 Å². The van der Waals surface area contributed by atoms with Crippen LogP contribution in [0.1, 0.15) is 26.7 Å². The van der Waals surface area contributed by atoms with E-state index in [1.165, 1.54) is 52.8 Å². The number of nitrogens with zero attached hydrogens (tertiary/aromatic N) is 1. The maximum atomic E-state index is 12.7. The SMILES string of the molecule is CCCN(CCC)S(=O)(=O)c1ccc(NS(=O)(=O)c2ccc(Cl)cc2)cc1. The molecule has 2 rings (SSSR count). The van der Waals surface area contributed by atoms with Crippen LogP contribution in [0.3, 0.4) is 0 Å². The van der Waals surface area contributed by atoms with Crippen molar-refractivity contribution in [2.24, 2.45) is 0 Å². The lowest BCUT2D eigenvalue weighted by Gasteiger charge is -2.21. The predicted octanol–water partition coefficient (Wildman–Crippen LogP) is 3.95. The zero-order chi connectivity index (χ0) is 20.1. The van der Waals surface area contributed by atoms with Crippen LogP contribution < -0.4 is 4.72 Å². The van der Waals surface area contributed by atoms with Crippen molar-refractivity contribution in [3.8, 4) is 0 Å². The molecule has 0 aromatic heterocycles. The summed E-state index contributed by atoms with van der Waals surface area (Å²) < 4.78 is 54.1. The van der Waals surface area contributed by atoms with Crippen LogP contribution in [0.5, 0.6) is 0 Å². The van der Waals surface area contributed by atoms with Crippen LogP contribution in [0.15, 0.2) is 58.3 Å². The fourth-order valence-corrected chi connectivity index (χ4v) is 5.33. The van der Waals surface area contributed by atoms with Crippen molar-refractivity contribution in [2.75, 3.05) is 17.8 Å². The number of nitrogens with one attached hydrogen (secondary N) is 1. The second-order valence-corrected chi connectivity index (χ2v) is 10.0. The summed E-state index contributed by atoms with van der Waals surface area (Å²) in [4.78, 5) is 0.208. The molecule has 0 aliphatic carbocycles. The Morgan fingerprint density at radius 1 is 0.815 bits per heavy atom. The first-order valence-electron chi connectivity index (χ1n) is 8.59. The first kappa shape index (κ1) is 21.7. The van der Waals surface area contributed by atoms with Crippen molar-refractivity contribution in [3.63, 3.8) is 0 Å². The minimum absolute atomic E-state index is 0.0701. The third-order valence-corrected chi connectivity index (χ3v) is 7.38. The zero-order valence-corrected chi connectivity index (χ0v) is 17.6. The minimum atomic E-state index is -3.78. The molecule has 9 heteroatoms. The average molecular weight is 431 g/mol. The molecular weight excluding hydrogens is 408 g/mol. The first-order valence-corrected chi connectivity index (χ1v) is 11.9. The van der Waals surface area contributed by atoms with Gasteiger partial charge < -0.3 is 0 Å². The van der Waals surface area contributed by atoms with Crippen LogP contribution in [0.25, 0.3) is 0 Å². The Kier molecular flexibility index (Phi) is 7.27. The molecule has 0 unspecified atom stereocenters. The van der Waals surface area contributed by atoms with Gasteiger partial charge in [0.05, 0.1) is 9.79 Å². The monoisotopic (exact) mass is 430 g/mol. The molecule has 0 bridgehead atoms. The third kappa shape index (κ3) is 5.44. The molecule has 0 fully saturated rings. The van der Waals surface area contributed by atoms with Gasteiger partial charge in [0, 0.05) is 23.8 Å². The van der Waals surface area contributed by atoms with E-state index in [1.807, 2.05) is 13.8 Å². The Labute approximate surface area is 166 Å². The molecule has 0 saturated heterocycles. The lowest BCUT2D eigenvalue weighted by atomic mass is 10.3. The number of hydrogen-bond donors (Lipinski definition) is 1. The molecule has 0 spiro atoms. The number of hydrogen-bond acceptors (Lipinski definition) is 4. The highest BCUT2D eigenvalue weighted by molar-refractivity contribution is 7.92. The van der Waals surface area contributed by atoms with Crippen LogP contribution in [0.2, 0.25) is 5.02 Å². The van der Waals surface area contributed by atoms with E-state index in [2.05, 4.69) is 4.72 Å². The van der Waals surface area contributed by atoms with E-state index in [0.717, 1.165) is 12.8 Å². The van der Waals surface area contributed by atoms with Gasteiger partial charge >= 0.3 is 0 Å². The summed E-state index contributed by atoms with van der Waals surface area (Å²) in [6, 6.07) is 11.5. The lowest BCUT2D eigenvalue weighted by molar-refractivity contribution is 0.410. The third-order valence-electron chi connectivity index (χ3n) is 3.81. The summed E-state index contributed by atoms with van der Waals surface area (Å²) in [6.45, 7) is 4.74. The predicted molar refractivity (Wildman–Crippen MR) is 108 cm³/mol. The van der Waals surface area contributed by atoms with Crippen molar-refractivity contribution in [1.82, 2.24) is 4.31 Å². The highest BCUT2D eigenvalue weighted by Gasteiger charge is 2.23. The smallest absolute Gasteiger partial charge is 0.261 e. The minimum Gasteiger partial charge on any atom is -0.280 e. The Morgan fingerprint density at radius 2 is 1.30 bits per heavy atom. The molecule has 148 valence electrons. The Bertz CT molecular complexity index is 951. The van der Waals surface area contributed by atoms with Crippen LogP contribution >= 0.6 is 11.6 Å². The highest BCUT2D eigenvalue weighted by atomic mass is 35.5. The summed E-state index contributed by atoms with van der Waals surface area (Å²) in [5.41, 5.74) is 0.279. The van der Waals surface area contributed by atoms with E-state index in [4.69, 9.17) is 11.6 Å². The number of sulfonamides is 2. The van der Waals surface area contributed by atoms with Gasteiger partial charge in [-0.25, -0.2) is 16.8 Å². The number of anilines is 1. The molecule has 2 aromatic carbocycles. The van der Waals surface area contributed by atoms with Gasteiger partial charge in [-0.15, -0.1) is 0 Å². The van der Waals surface area contributed by atoms with Crippen molar-refractivity contribution in [2.45, 2.75) is 36.5 Å². The second-order valence-electron chi connectivity index (χ2n) is 5.99. The zero-order valence-electron chi connectivity index (χ0n) is 15.2. The van der Waals surface area contributed by atoms with Crippen LogP contribution in [0, 0.1) is 0 Å². The van der Waals surface area contributed by atoms with Gasteiger partial charge in [0.1, 0.15) is 0 Å². The van der Waals surface area contributed by atoms with E-state index < -0.39 is 20.0 Å².